The molecule has 14 nitrogen and oxygen atoms in total. The summed E-state index contributed by atoms with van der Waals surface area (Å²) in [4.78, 5) is 29.8. The van der Waals surface area contributed by atoms with E-state index in [2.05, 4.69) is 36.8 Å². The molecule has 3 aliphatic rings. The second-order valence-electron chi connectivity index (χ2n) is 12.1. The Hall–Kier alpha value is -4.55. The molecule has 0 amide bonds. The average Bonchev–Trinajstić information content (AvgIpc) is 3.91. The number of pyridine rings is 1. The van der Waals surface area contributed by atoms with Gasteiger partial charge in [0.2, 0.25) is 16.0 Å². The molecule has 1 aromatic carbocycles. The number of sulfonamides is 1. The molecule has 3 fully saturated rings. The van der Waals surface area contributed by atoms with Gasteiger partial charge < -0.3 is 33.7 Å². The number of halogens is 4. The van der Waals surface area contributed by atoms with Crippen molar-refractivity contribution in [2.45, 2.75) is 24.3 Å². The minimum absolute atomic E-state index is 0.165. The summed E-state index contributed by atoms with van der Waals surface area (Å²) >= 11 is 6.41. The normalized spacial score (nSPS) is 17.3. The number of rotatable bonds is 8. The SMILES string of the molecule is COc1cc(OC)c(-c2cn3ccc(N4CCN(c5cnc(N6CCN(S(=O)(=O)C7CC7)CC6)nc5)CC4)cc3n2)cc1Cl.O=C(O)C(F)(F)F. The third-order valence-electron chi connectivity index (χ3n) is 8.90. The Morgan fingerprint density at radius 3 is 2.00 bits per heavy atom. The van der Waals surface area contributed by atoms with Gasteiger partial charge in [-0.3, -0.25) is 0 Å². The van der Waals surface area contributed by atoms with Crippen LogP contribution < -0.4 is 24.2 Å². The van der Waals surface area contributed by atoms with Crippen LogP contribution in [0.5, 0.6) is 11.5 Å². The molecule has 5 heterocycles. The Balaban J connectivity index is 0.000000582. The number of piperazine rings is 2. The number of hydrogen-bond donors (Lipinski definition) is 1. The molecule has 4 aromatic rings. The van der Waals surface area contributed by atoms with Gasteiger partial charge in [-0.25, -0.2) is 28.2 Å². The molecule has 0 bridgehead atoms. The zero-order chi connectivity index (χ0) is 36.5. The molecule has 2 saturated heterocycles. The van der Waals surface area contributed by atoms with Gasteiger partial charge in [0.1, 0.15) is 17.1 Å². The van der Waals surface area contributed by atoms with Crippen molar-refractivity contribution < 1.29 is 41.0 Å². The van der Waals surface area contributed by atoms with E-state index >= 15 is 0 Å². The van der Waals surface area contributed by atoms with Crippen LogP contribution >= 0.6 is 11.6 Å². The van der Waals surface area contributed by atoms with Gasteiger partial charge in [0, 0.05) is 88.1 Å². The fraction of sp³-hybridized carbons (Fsp3) is 0.438. The standard InChI is InChI=1S/C30H35ClN8O4S.C2HF3O2/c1-42-27-17-28(43-2)25(31)16-24(27)26-20-38-6-5-21(15-29(38)34-26)35-7-9-36(10-8-35)22-18-32-30(33-19-22)37-11-13-39(14-12-37)44(40,41)23-3-4-23;3-2(4,5)1(6)7/h5-6,15-20,23H,3-4,7-14H2,1-2H3;(H,6,7). The lowest BCUT2D eigenvalue weighted by Gasteiger charge is -2.37. The Morgan fingerprint density at radius 2 is 1.45 bits per heavy atom. The Labute approximate surface area is 297 Å². The summed E-state index contributed by atoms with van der Waals surface area (Å²) in [6.45, 7) is 5.57. The van der Waals surface area contributed by atoms with E-state index in [1.807, 2.05) is 35.3 Å². The zero-order valence-corrected chi connectivity index (χ0v) is 29.3. The molecule has 274 valence electrons. The molecule has 0 radical (unpaired) electrons. The Morgan fingerprint density at radius 1 is 0.882 bits per heavy atom. The predicted octanol–water partition coefficient (Wildman–Crippen LogP) is 4.04. The fourth-order valence-electron chi connectivity index (χ4n) is 5.94. The summed E-state index contributed by atoms with van der Waals surface area (Å²) in [5, 5.41) is 7.46. The number of ether oxygens (including phenoxy) is 2. The predicted molar refractivity (Wildman–Crippen MR) is 185 cm³/mol. The van der Waals surface area contributed by atoms with E-state index < -0.39 is 22.2 Å². The van der Waals surface area contributed by atoms with Gasteiger partial charge in [-0.1, -0.05) is 11.6 Å². The van der Waals surface area contributed by atoms with E-state index in [9.17, 15) is 21.6 Å². The lowest BCUT2D eigenvalue weighted by Crippen LogP contribution is -2.50. The van der Waals surface area contributed by atoms with E-state index in [0.717, 1.165) is 67.3 Å². The van der Waals surface area contributed by atoms with Gasteiger partial charge in [-0.05, 0) is 25.0 Å². The third-order valence-corrected chi connectivity index (χ3v) is 11.6. The Kier molecular flexibility index (Phi) is 10.4. The van der Waals surface area contributed by atoms with Gasteiger partial charge in [-0.2, -0.15) is 17.5 Å². The topological polar surface area (TPSA) is 146 Å². The number of carboxylic acids is 1. The first kappa shape index (κ1) is 36.2. The largest absolute Gasteiger partial charge is 0.496 e. The van der Waals surface area contributed by atoms with Crippen LogP contribution in [0.2, 0.25) is 5.02 Å². The summed E-state index contributed by atoms with van der Waals surface area (Å²) in [5.41, 5.74) is 4.51. The van der Waals surface area contributed by atoms with Crippen LogP contribution in [0.25, 0.3) is 16.9 Å². The van der Waals surface area contributed by atoms with Gasteiger partial charge in [-0.15, -0.1) is 0 Å². The van der Waals surface area contributed by atoms with Crippen LogP contribution in [0, 0.1) is 0 Å². The molecule has 19 heteroatoms. The number of nitrogens with zero attached hydrogens (tertiary/aromatic N) is 8. The molecule has 0 spiro atoms. The maximum atomic E-state index is 12.5. The second kappa shape index (κ2) is 14.6. The lowest BCUT2D eigenvalue weighted by atomic mass is 10.1. The number of aliphatic carboxylic acids is 1. The quantitative estimate of drug-likeness (QED) is 0.277. The van der Waals surface area contributed by atoms with Gasteiger partial charge in [0.05, 0.1) is 48.3 Å². The van der Waals surface area contributed by atoms with E-state index in [1.165, 1.54) is 0 Å². The molecule has 2 aliphatic heterocycles. The second-order valence-corrected chi connectivity index (χ2v) is 14.7. The summed E-state index contributed by atoms with van der Waals surface area (Å²) in [6, 6.07) is 7.81. The van der Waals surface area contributed by atoms with E-state index in [1.54, 1.807) is 24.6 Å². The maximum Gasteiger partial charge on any atom is 0.490 e. The van der Waals surface area contributed by atoms with E-state index in [4.69, 9.17) is 36.0 Å². The smallest absolute Gasteiger partial charge is 0.490 e. The number of fused-ring (bicyclic) bond motifs is 1. The first-order valence-electron chi connectivity index (χ1n) is 16.0. The molecule has 3 aromatic heterocycles. The molecule has 1 aliphatic carbocycles. The molecular weight excluding hydrogens is 717 g/mol. The summed E-state index contributed by atoms with van der Waals surface area (Å²) < 4.78 is 71.4. The van der Waals surface area contributed by atoms with Crippen molar-refractivity contribution in [2.24, 2.45) is 0 Å². The van der Waals surface area contributed by atoms with Gasteiger partial charge in [0.15, 0.2) is 0 Å². The van der Waals surface area contributed by atoms with Crippen molar-refractivity contribution in [2.75, 3.05) is 81.3 Å². The van der Waals surface area contributed by atoms with Crippen LogP contribution in [0.1, 0.15) is 12.8 Å². The number of anilines is 3. The zero-order valence-electron chi connectivity index (χ0n) is 27.8. The minimum atomic E-state index is -5.08. The highest BCUT2D eigenvalue weighted by atomic mass is 35.5. The van der Waals surface area contributed by atoms with Crippen molar-refractivity contribution in [1.29, 1.82) is 0 Å². The van der Waals surface area contributed by atoms with Crippen LogP contribution in [0.4, 0.5) is 30.5 Å². The summed E-state index contributed by atoms with van der Waals surface area (Å²) in [5.74, 6) is -0.910. The molecule has 1 saturated carbocycles. The molecule has 1 N–H and O–H groups in total. The van der Waals surface area contributed by atoms with Crippen LogP contribution in [-0.4, -0.2) is 121 Å². The van der Waals surface area contributed by atoms with E-state index in [-0.39, 0.29) is 5.25 Å². The minimum Gasteiger partial charge on any atom is -0.496 e. The molecular formula is C32H36ClF3N8O6S. The fourth-order valence-corrected chi connectivity index (χ4v) is 8.01. The highest BCUT2D eigenvalue weighted by Crippen LogP contribution is 2.38. The number of methoxy groups -OCH3 is 2. The van der Waals surface area contributed by atoms with Gasteiger partial charge >= 0.3 is 12.1 Å². The van der Waals surface area contributed by atoms with Crippen molar-refractivity contribution in [3.63, 3.8) is 0 Å². The lowest BCUT2D eigenvalue weighted by molar-refractivity contribution is -0.192. The maximum absolute atomic E-state index is 12.5. The van der Waals surface area contributed by atoms with Crippen LogP contribution in [0.15, 0.2) is 49.1 Å². The van der Waals surface area contributed by atoms with Crippen LogP contribution in [-0.2, 0) is 14.8 Å². The summed E-state index contributed by atoms with van der Waals surface area (Å²) in [6.07, 6.45) is 4.25. The number of benzene rings is 1. The van der Waals surface area contributed by atoms with Crippen molar-refractivity contribution in [3.8, 4) is 22.8 Å². The molecule has 7 rings (SSSR count). The Bertz CT molecular complexity index is 1980. The average molecular weight is 753 g/mol. The third kappa shape index (κ3) is 8.02. The van der Waals surface area contributed by atoms with E-state index in [0.29, 0.717) is 48.6 Å². The number of imidazole rings is 1. The number of carboxylic acid groups (broad SMARTS) is 1. The highest BCUT2D eigenvalue weighted by molar-refractivity contribution is 7.90. The number of hydrogen-bond acceptors (Lipinski definition) is 11. The first-order chi connectivity index (χ1) is 24.3. The van der Waals surface area contributed by atoms with Crippen molar-refractivity contribution in [3.05, 3.63) is 54.1 Å². The molecule has 0 unspecified atom stereocenters. The number of aromatic nitrogens is 4. The number of carbonyl (C=O) groups is 1. The van der Waals surface area contributed by atoms with Crippen molar-refractivity contribution >= 4 is 50.6 Å². The highest BCUT2D eigenvalue weighted by Gasteiger charge is 2.41. The monoisotopic (exact) mass is 752 g/mol. The number of alkyl halides is 3. The summed E-state index contributed by atoms with van der Waals surface area (Å²) in [7, 11) is 0.0657. The van der Waals surface area contributed by atoms with Crippen molar-refractivity contribution in [1.82, 2.24) is 23.7 Å². The molecule has 51 heavy (non-hydrogen) atoms. The molecule has 0 atom stereocenters. The van der Waals surface area contributed by atoms with Crippen LogP contribution in [0.3, 0.4) is 0 Å². The first-order valence-corrected chi connectivity index (χ1v) is 17.9. The van der Waals surface area contributed by atoms with Gasteiger partial charge in [0.25, 0.3) is 0 Å².